The summed E-state index contributed by atoms with van der Waals surface area (Å²) in [5.74, 6) is 0.132. The lowest BCUT2D eigenvalue weighted by Crippen LogP contribution is -2.34. The van der Waals surface area contributed by atoms with E-state index in [0.29, 0.717) is 6.54 Å². The third-order valence-corrected chi connectivity index (χ3v) is 2.30. The van der Waals surface area contributed by atoms with Crippen molar-refractivity contribution in [3.05, 3.63) is 24.5 Å². The van der Waals surface area contributed by atoms with Crippen LogP contribution in [0.2, 0.25) is 0 Å². The number of carbonyl (C=O) groups excluding carboxylic acids is 1. The van der Waals surface area contributed by atoms with Gasteiger partial charge >= 0.3 is 0 Å². The Labute approximate surface area is 102 Å². The van der Waals surface area contributed by atoms with Crippen molar-refractivity contribution in [2.45, 2.75) is 20.4 Å². The third kappa shape index (κ3) is 4.82. The van der Waals surface area contributed by atoms with Crippen LogP contribution in [-0.4, -0.2) is 28.8 Å². The number of rotatable bonds is 7. The molecule has 17 heavy (non-hydrogen) atoms. The van der Waals surface area contributed by atoms with E-state index in [-0.39, 0.29) is 11.8 Å². The molecule has 2 N–H and O–H groups in total. The van der Waals surface area contributed by atoms with Crippen LogP contribution in [0.4, 0.5) is 0 Å². The van der Waals surface area contributed by atoms with Gasteiger partial charge < -0.3 is 10.6 Å². The van der Waals surface area contributed by atoms with E-state index in [9.17, 15) is 4.79 Å². The van der Waals surface area contributed by atoms with Crippen molar-refractivity contribution in [2.24, 2.45) is 5.92 Å². The zero-order chi connectivity index (χ0) is 12.7. The monoisotopic (exact) mass is 236 g/mol. The van der Waals surface area contributed by atoms with Crippen LogP contribution in [0.1, 0.15) is 19.4 Å². The van der Waals surface area contributed by atoms with Crippen LogP contribution < -0.4 is 10.6 Å². The van der Waals surface area contributed by atoms with Crippen molar-refractivity contribution < 1.29 is 4.79 Å². The maximum atomic E-state index is 11.3. The van der Waals surface area contributed by atoms with E-state index in [4.69, 9.17) is 0 Å². The van der Waals surface area contributed by atoms with Gasteiger partial charge in [0, 0.05) is 43.5 Å². The molecule has 0 aliphatic heterocycles. The molecule has 1 amide bonds. The van der Waals surface area contributed by atoms with Crippen LogP contribution in [0.3, 0.4) is 0 Å². The summed E-state index contributed by atoms with van der Waals surface area (Å²) >= 11 is 0. The van der Waals surface area contributed by atoms with E-state index in [1.54, 1.807) is 17.1 Å². The summed E-state index contributed by atoms with van der Waals surface area (Å²) in [6.07, 6.45) is 5.35. The van der Waals surface area contributed by atoms with Gasteiger partial charge in [-0.2, -0.15) is 5.10 Å². The number of carbonyl (C=O) groups is 1. The summed E-state index contributed by atoms with van der Waals surface area (Å²) < 4.78 is 1.66. The van der Waals surface area contributed by atoms with Crippen LogP contribution in [-0.2, 0) is 11.3 Å². The number of amides is 1. The fraction of sp³-hybridized carbons (Fsp3) is 0.500. The fourth-order valence-electron chi connectivity index (χ4n) is 1.28. The summed E-state index contributed by atoms with van der Waals surface area (Å²) in [6.45, 7) is 9.52. The van der Waals surface area contributed by atoms with Gasteiger partial charge in [0.15, 0.2) is 0 Å². The minimum absolute atomic E-state index is 0.0424. The van der Waals surface area contributed by atoms with Crippen molar-refractivity contribution in [1.82, 2.24) is 20.4 Å². The molecule has 0 fully saturated rings. The lowest BCUT2D eigenvalue weighted by molar-refractivity contribution is -0.123. The maximum Gasteiger partial charge on any atom is 0.222 e. The molecule has 1 aromatic rings. The summed E-state index contributed by atoms with van der Waals surface area (Å²) in [5.41, 5.74) is 1.10. The Bertz CT molecular complexity index is 370. The highest BCUT2D eigenvalue weighted by atomic mass is 16.1. The van der Waals surface area contributed by atoms with Crippen LogP contribution in [0.15, 0.2) is 19.0 Å². The molecule has 94 valence electrons. The van der Waals surface area contributed by atoms with Gasteiger partial charge in [0.25, 0.3) is 0 Å². The average molecular weight is 236 g/mol. The number of hydrogen-bond acceptors (Lipinski definition) is 3. The zero-order valence-corrected chi connectivity index (χ0v) is 10.4. The van der Waals surface area contributed by atoms with Gasteiger partial charge in [-0.25, -0.2) is 4.68 Å². The second kappa shape index (κ2) is 6.85. The molecule has 0 aliphatic rings. The van der Waals surface area contributed by atoms with Crippen LogP contribution >= 0.6 is 0 Å². The van der Waals surface area contributed by atoms with Crippen LogP contribution in [0.25, 0.3) is 6.20 Å². The molecule has 1 aromatic heterocycles. The minimum Gasteiger partial charge on any atom is -0.355 e. The largest absolute Gasteiger partial charge is 0.355 e. The maximum absolute atomic E-state index is 11.3. The summed E-state index contributed by atoms with van der Waals surface area (Å²) in [6, 6.07) is 0. The molecule has 5 heteroatoms. The van der Waals surface area contributed by atoms with Crippen LogP contribution in [0.5, 0.6) is 0 Å². The first kappa shape index (κ1) is 13.4. The molecule has 1 rings (SSSR count). The second-order valence-corrected chi connectivity index (χ2v) is 4.13. The molecule has 1 heterocycles. The van der Waals surface area contributed by atoms with Crippen LogP contribution in [0, 0.1) is 5.92 Å². The normalized spacial score (nSPS) is 10.5. The molecule has 0 saturated carbocycles. The van der Waals surface area contributed by atoms with Crippen molar-refractivity contribution in [3.8, 4) is 0 Å². The number of nitrogens with zero attached hydrogens (tertiary/aromatic N) is 2. The van der Waals surface area contributed by atoms with Gasteiger partial charge in [0.2, 0.25) is 5.91 Å². The Morgan fingerprint density at radius 1 is 1.59 bits per heavy atom. The molecular weight excluding hydrogens is 216 g/mol. The Morgan fingerprint density at radius 3 is 2.94 bits per heavy atom. The molecule has 0 radical (unpaired) electrons. The van der Waals surface area contributed by atoms with E-state index in [2.05, 4.69) is 22.3 Å². The van der Waals surface area contributed by atoms with Crippen molar-refractivity contribution in [2.75, 3.05) is 13.1 Å². The first-order valence-corrected chi connectivity index (χ1v) is 5.77. The quantitative estimate of drug-likeness (QED) is 0.690. The Balaban J connectivity index is 2.12. The van der Waals surface area contributed by atoms with Gasteiger partial charge in [-0.3, -0.25) is 4.79 Å². The van der Waals surface area contributed by atoms with Gasteiger partial charge in [-0.15, -0.1) is 0 Å². The molecule has 0 atom stereocenters. The first-order valence-electron chi connectivity index (χ1n) is 5.77. The molecule has 0 saturated heterocycles. The SMILES string of the molecule is C=Cn1cc(CNCCNC(=O)C(C)C)cn1. The van der Waals surface area contributed by atoms with Gasteiger partial charge in [0.05, 0.1) is 6.20 Å². The minimum atomic E-state index is 0.0424. The van der Waals surface area contributed by atoms with Gasteiger partial charge in [0.1, 0.15) is 0 Å². The topological polar surface area (TPSA) is 59.0 Å². The highest BCUT2D eigenvalue weighted by molar-refractivity contribution is 5.77. The number of nitrogens with one attached hydrogen (secondary N) is 2. The summed E-state index contributed by atoms with van der Waals surface area (Å²) in [5, 5.41) is 10.2. The van der Waals surface area contributed by atoms with E-state index < -0.39 is 0 Å². The van der Waals surface area contributed by atoms with Gasteiger partial charge in [-0.05, 0) is 0 Å². The summed E-state index contributed by atoms with van der Waals surface area (Å²) in [4.78, 5) is 11.3. The van der Waals surface area contributed by atoms with Crippen molar-refractivity contribution in [3.63, 3.8) is 0 Å². The third-order valence-electron chi connectivity index (χ3n) is 2.30. The molecule has 0 aliphatic carbocycles. The first-order chi connectivity index (χ1) is 8.13. The van der Waals surface area contributed by atoms with E-state index in [1.807, 2.05) is 20.0 Å². The highest BCUT2D eigenvalue weighted by Crippen LogP contribution is 1.96. The number of hydrogen-bond donors (Lipinski definition) is 2. The Morgan fingerprint density at radius 2 is 2.35 bits per heavy atom. The predicted octanol–water partition coefficient (Wildman–Crippen LogP) is 0.845. The number of aromatic nitrogens is 2. The predicted molar refractivity (Wildman–Crippen MR) is 68.2 cm³/mol. The van der Waals surface area contributed by atoms with Crippen molar-refractivity contribution >= 4 is 12.1 Å². The van der Waals surface area contributed by atoms with E-state index >= 15 is 0 Å². The van der Waals surface area contributed by atoms with E-state index in [0.717, 1.165) is 18.7 Å². The second-order valence-electron chi connectivity index (χ2n) is 4.13. The van der Waals surface area contributed by atoms with Gasteiger partial charge in [-0.1, -0.05) is 20.4 Å². The standard InChI is InChI=1S/C12H20N4O/c1-4-16-9-11(8-15-16)7-13-5-6-14-12(17)10(2)3/h4,8-10,13H,1,5-7H2,2-3H3,(H,14,17). The Hall–Kier alpha value is -1.62. The lowest BCUT2D eigenvalue weighted by Gasteiger charge is -2.07. The van der Waals surface area contributed by atoms with Crippen molar-refractivity contribution in [1.29, 1.82) is 0 Å². The molecular formula is C12H20N4O. The summed E-state index contributed by atoms with van der Waals surface area (Å²) in [7, 11) is 0. The highest BCUT2D eigenvalue weighted by Gasteiger charge is 2.04. The fourth-order valence-corrected chi connectivity index (χ4v) is 1.28. The molecule has 0 bridgehead atoms. The molecule has 0 unspecified atom stereocenters. The molecule has 0 aromatic carbocycles. The molecule has 0 spiro atoms. The average Bonchev–Trinajstić information content (AvgIpc) is 2.76. The Kier molecular flexibility index (Phi) is 5.42. The smallest absolute Gasteiger partial charge is 0.222 e. The lowest BCUT2D eigenvalue weighted by atomic mass is 10.2. The molecule has 5 nitrogen and oxygen atoms in total. The zero-order valence-electron chi connectivity index (χ0n) is 10.4. The van der Waals surface area contributed by atoms with E-state index in [1.165, 1.54) is 0 Å².